The zero-order chi connectivity index (χ0) is 22.8. The number of para-hydroxylation sites is 1. The summed E-state index contributed by atoms with van der Waals surface area (Å²) in [5.74, 6) is 0.515. The van der Waals surface area contributed by atoms with Crippen LogP contribution in [-0.4, -0.2) is 29.8 Å². The molecule has 0 radical (unpaired) electrons. The molecule has 0 heterocycles. The Hall–Kier alpha value is -3.11. The maximum atomic E-state index is 12.7. The minimum absolute atomic E-state index is 0.0757. The maximum Gasteiger partial charge on any atom is 0.258 e. The fourth-order valence-electron chi connectivity index (χ4n) is 3.93. The average molecular weight is 432 g/mol. The van der Waals surface area contributed by atoms with Crippen molar-refractivity contribution in [3.8, 4) is 5.75 Å². The Kier molecular flexibility index (Phi) is 8.88. The van der Waals surface area contributed by atoms with E-state index in [0.29, 0.717) is 12.8 Å². The third-order valence-electron chi connectivity index (χ3n) is 5.67. The van der Waals surface area contributed by atoms with E-state index in [0.717, 1.165) is 35.3 Å². The first-order chi connectivity index (χ1) is 15.5. The smallest absolute Gasteiger partial charge is 0.258 e. The highest BCUT2D eigenvalue weighted by molar-refractivity contribution is 5.78. The van der Waals surface area contributed by atoms with E-state index in [1.54, 1.807) is 0 Å². The van der Waals surface area contributed by atoms with Crippen molar-refractivity contribution in [3.05, 3.63) is 101 Å². The number of benzene rings is 3. The summed E-state index contributed by atoms with van der Waals surface area (Å²) in [4.78, 5) is 12.7. The van der Waals surface area contributed by atoms with Crippen LogP contribution in [-0.2, 0) is 17.6 Å². The number of aliphatic hydroxyl groups excluding tert-OH is 1. The molecule has 0 aliphatic carbocycles. The van der Waals surface area contributed by atoms with E-state index < -0.39 is 6.10 Å². The van der Waals surface area contributed by atoms with Gasteiger partial charge < -0.3 is 15.2 Å². The normalized spacial score (nSPS) is 12.7. The van der Waals surface area contributed by atoms with Gasteiger partial charge in [0.15, 0.2) is 6.61 Å². The van der Waals surface area contributed by atoms with Gasteiger partial charge in [-0.3, -0.25) is 4.79 Å². The Labute approximate surface area is 191 Å². The van der Waals surface area contributed by atoms with Gasteiger partial charge in [0.1, 0.15) is 5.75 Å². The van der Waals surface area contributed by atoms with Crippen LogP contribution in [0.4, 0.5) is 0 Å². The minimum atomic E-state index is -0.636. The highest BCUT2D eigenvalue weighted by Gasteiger charge is 2.22. The Morgan fingerprint density at radius 1 is 0.875 bits per heavy atom. The molecule has 32 heavy (non-hydrogen) atoms. The lowest BCUT2D eigenvalue weighted by Crippen LogP contribution is -2.46. The van der Waals surface area contributed by atoms with Crippen molar-refractivity contribution in [2.75, 3.05) is 6.61 Å². The van der Waals surface area contributed by atoms with Crippen molar-refractivity contribution in [3.63, 3.8) is 0 Å². The predicted molar refractivity (Wildman–Crippen MR) is 129 cm³/mol. The Balaban J connectivity index is 1.59. The second kappa shape index (κ2) is 12.1. The largest absolute Gasteiger partial charge is 0.483 e. The van der Waals surface area contributed by atoms with Crippen LogP contribution in [0.5, 0.6) is 5.75 Å². The van der Waals surface area contributed by atoms with Crippen molar-refractivity contribution in [1.82, 2.24) is 5.32 Å². The first-order valence-corrected chi connectivity index (χ1v) is 11.3. The molecule has 0 spiro atoms. The maximum absolute atomic E-state index is 12.7. The van der Waals surface area contributed by atoms with Crippen LogP contribution in [0.1, 0.15) is 35.1 Å². The van der Waals surface area contributed by atoms with Crippen molar-refractivity contribution in [1.29, 1.82) is 0 Å². The number of hydrogen-bond donors (Lipinski definition) is 2. The monoisotopic (exact) mass is 431 g/mol. The summed E-state index contributed by atoms with van der Waals surface area (Å²) in [6.45, 7) is 3.86. The molecule has 0 bridgehead atoms. The van der Waals surface area contributed by atoms with Gasteiger partial charge in [-0.25, -0.2) is 0 Å². The quantitative estimate of drug-likeness (QED) is 0.459. The number of carbonyl (C=O) groups excluding carboxylic acids is 1. The number of ether oxygens (including phenoxy) is 1. The molecule has 3 rings (SSSR count). The molecule has 3 aromatic rings. The Morgan fingerprint density at radius 3 is 2.09 bits per heavy atom. The number of aryl methyl sites for hydroxylation is 3. The number of hydrogen-bond acceptors (Lipinski definition) is 3. The average Bonchev–Trinajstić information content (AvgIpc) is 2.79. The van der Waals surface area contributed by atoms with Crippen LogP contribution in [0.2, 0.25) is 0 Å². The highest BCUT2D eigenvalue weighted by Crippen LogP contribution is 2.22. The van der Waals surface area contributed by atoms with Gasteiger partial charge in [-0.2, -0.15) is 0 Å². The predicted octanol–water partition coefficient (Wildman–Crippen LogP) is 4.79. The second-order valence-electron chi connectivity index (χ2n) is 8.32. The van der Waals surface area contributed by atoms with Gasteiger partial charge >= 0.3 is 0 Å². The number of nitrogens with one attached hydrogen (secondary N) is 1. The summed E-state index contributed by atoms with van der Waals surface area (Å²) < 4.78 is 5.81. The van der Waals surface area contributed by atoms with E-state index in [9.17, 15) is 9.90 Å². The van der Waals surface area contributed by atoms with Crippen LogP contribution in [0.15, 0.2) is 78.9 Å². The van der Waals surface area contributed by atoms with Crippen LogP contribution < -0.4 is 10.1 Å². The molecule has 0 fully saturated rings. The molecule has 0 aromatic heterocycles. The van der Waals surface area contributed by atoms with E-state index in [-0.39, 0.29) is 18.6 Å². The van der Waals surface area contributed by atoms with Gasteiger partial charge in [0, 0.05) is 0 Å². The van der Waals surface area contributed by atoms with Gasteiger partial charge in [0.2, 0.25) is 0 Å². The molecular weight excluding hydrogens is 398 g/mol. The first-order valence-electron chi connectivity index (χ1n) is 11.3. The molecule has 0 aliphatic rings. The fourth-order valence-corrected chi connectivity index (χ4v) is 3.93. The third-order valence-corrected chi connectivity index (χ3v) is 5.67. The Bertz CT molecular complexity index is 952. The third kappa shape index (κ3) is 7.24. The molecule has 2 atom stereocenters. The van der Waals surface area contributed by atoms with Gasteiger partial charge in [0.25, 0.3) is 5.91 Å². The molecule has 0 saturated heterocycles. The highest BCUT2D eigenvalue weighted by atomic mass is 16.5. The lowest BCUT2D eigenvalue weighted by Gasteiger charge is -2.25. The van der Waals surface area contributed by atoms with Crippen molar-refractivity contribution >= 4 is 5.91 Å². The van der Waals surface area contributed by atoms with E-state index in [1.807, 2.05) is 80.6 Å². The summed E-state index contributed by atoms with van der Waals surface area (Å²) in [5.41, 5.74) is 4.33. The van der Waals surface area contributed by atoms with Crippen LogP contribution in [0, 0.1) is 13.8 Å². The van der Waals surface area contributed by atoms with Crippen molar-refractivity contribution in [2.45, 2.75) is 51.7 Å². The van der Waals surface area contributed by atoms with Gasteiger partial charge in [-0.05, 0) is 61.8 Å². The summed E-state index contributed by atoms with van der Waals surface area (Å²) >= 11 is 0. The molecule has 168 valence electrons. The Morgan fingerprint density at radius 2 is 1.47 bits per heavy atom. The van der Waals surface area contributed by atoms with Gasteiger partial charge in [0.05, 0.1) is 12.1 Å². The first kappa shape index (κ1) is 23.6. The topological polar surface area (TPSA) is 58.6 Å². The molecule has 0 saturated carbocycles. The molecule has 1 amide bonds. The molecule has 2 unspecified atom stereocenters. The number of carbonyl (C=O) groups is 1. The summed E-state index contributed by atoms with van der Waals surface area (Å²) in [5, 5.41) is 13.9. The van der Waals surface area contributed by atoms with Gasteiger partial charge in [-0.15, -0.1) is 0 Å². The SMILES string of the molecule is Cc1cccc(C)c1OCC(=O)NC(Cc1ccccc1)C(O)CCCc1ccccc1. The molecule has 2 N–H and O–H groups in total. The van der Waals surface area contributed by atoms with Crippen LogP contribution in [0.25, 0.3) is 0 Å². The van der Waals surface area contributed by atoms with Crippen molar-refractivity contribution in [2.24, 2.45) is 0 Å². The number of rotatable bonds is 11. The lowest BCUT2D eigenvalue weighted by molar-refractivity contribution is -0.124. The summed E-state index contributed by atoms with van der Waals surface area (Å²) in [6, 6.07) is 25.7. The number of aliphatic hydroxyl groups is 1. The summed E-state index contributed by atoms with van der Waals surface area (Å²) in [6.07, 6.45) is 2.31. The second-order valence-corrected chi connectivity index (χ2v) is 8.32. The lowest BCUT2D eigenvalue weighted by atomic mass is 9.96. The fraction of sp³-hybridized carbons (Fsp3) is 0.321. The molecule has 0 aliphatic heterocycles. The summed E-state index contributed by atoms with van der Waals surface area (Å²) in [7, 11) is 0. The number of amides is 1. The molecule has 4 nitrogen and oxygen atoms in total. The zero-order valence-electron chi connectivity index (χ0n) is 19.0. The van der Waals surface area contributed by atoms with Gasteiger partial charge in [-0.1, -0.05) is 78.9 Å². The zero-order valence-corrected chi connectivity index (χ0v) is 19.0. The molecular formula is C28H33NO3. The standard InChI is InChI=1S/C28H33NO3/c1-21-11-9-12-22(2)28(21)32-20-27(31)29-25(19-24-15-7-4-8-16-24)26(30)18-10-17-23-13-5-3-6-14-23/h3-9,11-16,25-26,30H,10,17-20H2,1-2H3,(H,29,31). The van der Waals surface area contributed by atoms with E-state index in [2.05, 4.69) is 17.4 Å². The molecule has 4 heteroatoms. The van der Waals surface area contributed by atoms with Crippen LogP contribution in [0.3, 0.4) is 0 Å². The van der Waals surface area contributed by atoms with Crippen LogP contribution >= 0.6 is 0 Å². The molecule has 3 aromatic carbocycles. The minimum Gasteiger partial charge on any atom is -0.483 e. The van der Waals surface area contributed by atoms with E-state index in [4.69, 9.17) is 4.74 Å². The van der Waals surface area contributed by atoms with Crippen molar-refractivity contribution < 1.29 is 14.6 Å². The van der Waals surface area contributed by atoms with E-state index >= 15 is 0 Å². The van der Waals surface area contributed by atoms with E-state index in [1.165, 1.54) is 5.56 Å².